The molecule has 0 aromatic rings. The number of fused-ring (bicyclic) bond motifs is 7. The van der Waals surface area contributed by atoms with Gasteiger partial charge < -0.3 is 14.9 Å². The summed E-state index contributed by atoms with van der Waals surface area (Å²) >= 11 is 0. The maximum atomic E-state index is 12.3. The number of allylic oxidation sites excluding steroid dienone is 2. The van der Waals surface area contributed by atoms with Crippen LogP contribution in [0.5, 0.6) is 0 Å². The van der Waals surface area contributed by atoms with E-state index < -0.39 is 25.3 Å². The smallest absolute Gasteiger partial charge is 0.469 e. The van der Waals surface area contributed by atoms with Gasteiger partial charge in [-0.05, 0) is 116 Å². The molecule has 5 rings (SSSR count). The van der Waals surface area contributed by atoms with Gasteiger partial charge in [-0.2, -0.15) is 0 Å². The molecule has 0 spiro atoms. The van der Waals surface area contributed by atoms with Crippen LogP contribution in [0.15, 0.2) is 11.6 Å². The molecular weight excluding hydrogens is 487 g/mol. The summed E-state index contributed by atoms with van der Waals surface area (Å²) < 4.78 is 17.1. The molecule has 5 aliphatic carbocycles. The molecule has 0 aromatic carbocycles. The maximum Gasteiger partial charge on any atom is 0.469 e. The first kappa shape index (κ1) is 27.9. The number of carboxylic acid groups (broad SMARTS) is 1. The van der Waals surface area contributed by atoms with E-state index in [1.54, 1.807) is 5.57 Å². The SMILES string of the molecule is CC1(C(=O)O)CC[C@]2(C)CC[C@]3(C)C(=CC[C@@H]4[C@@]5(C)CC[C@H](OP(=O)(O)O)C(C)(C)C5CC[C@]43C)[C@@H]2C1. The molecule has 37 heavy (non-hydrogen) atoms. The van der Waals surface area contributed by atoms with E-state index >= 15 is 0 Å². The van der Waals surface area contributed by atoms with Gasteiger partial charge in [-0.25, -0.2) is 4.57 Å². The topological polar surface area (TPSA) is 104 Å². The molecule has 5 aliphatic rings. The molecule has 0 saturated heterocycles. The minimum atomic E-state index is -4.55. The molecule has 0 radical (unpaired) electrons. The van der Waals surface area contributed by atoms with Crippen LogP contribution < -0.4 is 0 Å². The molecule has 3 N–H and O–H groups in total. The minimum absolute atomic E-state index is 0.0498. The Balaban J connectivity index is 1.52. The monoisotopic (exact) mass is 536 g/mol. The second-order valence-electron chi connectivity index (χ2n) is 15.5. The van der Waals surface area contributed by atoms with Gasteiger partial charge in [-0.15, -0.1) is 0 Å². The summed E-state index contributed by atoms with van der Waals surface area (Å²) in [5.41, 5.74) is 1.00. The van der Waals surface area contributed by atoms with Gasteiger partial charge in [-0.1, -0.05) is 53.2 Å². The quantitative estimate of drug-likeness (QED) is 0.257. The van der Waals surface area contributed by atoms with Crippen LogP contribution >= 0.6 is 7.82 Å². The molecular formula is C30H49O6P. The van der Waals surface area contributed by atoms with Crippen LogP contribution in [0, 0.1) is 50.2 Å². The van der Waals surface area contributed by atoms with Crippen molar-refractivity contribution in [2.45, 2.75) is 119 Å². The van der Waals surface area contributed by atoms with Crippen LogP contribution in [0.3, 0.4) is 0 Å². The average Bonchev–Trinajstić information content (AvgIpc) is 2.77. The Morgan fingerprint density at radius 3 is 2.19 bits per heavy atom. The third-order valence-corrected chi connectivity index (χ3v) is 14.1. The predicted molar refractivity (Wildman–Crippen MR) is 144 cm³/mol. The summed E-state index contributed by atoms with van der Waals surface area (Å²) in [4.78, 5) is 31.5. The lowest BCUT2D eigenvalue weighted by atomic mass is 9.33. The molecule has 0 aromatic heterocycles. The number of carboxylic acids is 1. The first-order valence-corrected chi connectivity index (χ1v) is 16.0. The molecule has 4 saturated carbocycles. The highest BCUT2D eigenvalue weighted by Gasteiger charge is 2.68. The molecule has 210 valence electrons. The number of hydrogen-bond donors (Lipinski definition) is 3. The van der Waals surface area contributed by atoms with E-state index in [0.717, 1.165) is 57.8 Å². The fourth-order valence-electron chi connectivity index (χ4n) is 10.9. The van der Waals surface area contributed by atoms with Crippen molar-refractivity contribution >= 4 is 13.8 Å². The lowest BCUT2D eigenvalue weighted by Gasteiger charge is -2.71. The van der Waals surface area contributed by atoms with E-state index in [4.69, 9.17) is 4.52 Å². The molecule has 0 bridgehead atoms. The normalized spacial score (nSPS) is 51.1. The Bertz CT molecular complexity index is 1060. The summed E-state index contributed by atoms with van der Waals surface area (Å²) in [6.07, 6.45) is 11.7. The summed E-state index contributed by atoms with van der Waals surface area (Å²) in [7, 11) is -4.55. The number of carbonyl (C=O) groups is 1. The van der Waals surface area contributed by atoms with Crippen molar-refractivity contribution in [2.75, 3.05) is 0 Å². The van der Waals surface area contributed by atoms with E-state index in [1.807, 2.05) is 6.92 Å². The van der Waals surface area contributed by atoms with Crippen molar-refractivity contribution in [1.82, 2.24) is 0 Å². The molecule has 0 heterocycles. The second kappa shape index (κ2) is 8.18. The van der Waals surface area contributed by atoms with Crippen molar-refractivity contribution < 1.29 is 28.8 Å². The number of rotatable bonds is 3. The zero-order valence-corrected chi connectivity index (χ0v) is 24.9. The molecule has 7 heteroatoms. The van der Waals surface area contributed by atoms with Gasteiger partial charge in [0.2, 0.25) is 0 Å². The van der Waals surface area contributed by atoms with E-state index in [9.17, 15) is 24.3 Å². The van der Waals surface area contributed by atoms with Crippen LogP contribution in [-0.2, 0) is 13.9 Å². The Morgan fingerprint density at radius 2 is 1.57 bits per heavy atom. The van der Waals surface area contributed by atoms with Gasteiger partial charge in [0.25, 0.3) is 0 Å². The van der Waals surface area contributed by atoms with Crippen LogP contribution in [0.2, 0.25) is 0 Å². The van der Waals surface area contributed by atoms with Crippen molar-refractivity contribution in [3.8, 4) is 0 Å². The van der Waals surface area contributed by atoms with E-state index in [-0.39, 0.29) is 27.1 Å². The number of hydrogen-bond acceptors (Lipinski definition) is 3. The maximum absolute atomic E-state index is 12.3. The lowest BCUT2D eigenvalue weighted by Crippen LogP contribution is -2.64. The molecule has 2 unspecified atom stereocenters. The average molecular weight is 537 g/mol. The Kier molecular flexibility index (Phi) is 6.16. The highest BCUT2D eigenvalue weighted by molar-refractivity contribution is 7.46. The highest BCUT2D eigenvalue weighted by Crippen LogP contribution is 2.76. The fourth-order valence-corrected chi connectivity index (χ4v) is 11.6. The third kappa shape index (κ3) is 3.82. The van der Waals surface area contributed by atoms with Crippen molar-refractivity contribution in [1.29, 1.82) is 0 Å². The minimum Gasteiger partial charge on any atom is -0.481 e. The van der Waals surface area contributed by atoms with Crippen molar-refractivity contribution in [3.05, 3.63) is 11.6 Å². The number of aliphatic carboxylic acids is 1. The van der Waals surface area contributed by atoms with Gasteiger partial charge in [0.05, 0.1) is 11.5 Å². The van der Waals surface area contributed by atoms with Gasteiger partial charge >= 0.3 is 13.8 Å². The Labute approximate surface area is 223 Å². The first-order chi connectivity index (χ1) is 16.8. The highest BCUT2D eigenvalue weighted by atomic mass is 31.2. The Morgan fingerprint density at radius 1 is 0.919 bits per heavy atom. The van der Waals surface area contributed by atoms with E-state index in [1.165, 1.54) is 0 Å². The Hall–Kier alpha value is -0.680. The predicted octanol–water partition coefficient (Wildman–Crippen LogP) is 7.35. The first-order valence-electron chi connectivity index (χ1n) is 14.5. The second-order valence-corrected chi connectivity index (χ2v) is 16.7. The number of phosphoric ester groups is 1. The number of phosphoric acid groups is 1. The zero-order chi connectivity index (χ0) is 27.4. The van der Waals surface area contributed by atoms with Gasteiger partial charge in [0.1, 0.15) is 0 Å². The molecule has 0 aliphatic heterocycles. The van der Waals surface area contributed by atoms with Gasteiger partial charge in [0, 0.05) is 0 Å². The largest absolute Gasteiger partial charge is 0.481 e. The van der Waals surface area contributed by atoms with E-state index in [2.05, 4.69) is 47.6 Å². The van der Waals surface area contributed by atoms with Crippen LogP contribution in [0.1, 0.15) is 113 Å². The molecule has 4 fully saturated rings. The summed E-state index contributed by atoms with van der Waals surface area (Å²) in [6.45, 7) is 16.2. The molecule has 0 amide bonds. The standard InChI is InChI=1S/C30H49O6P/c1-25(2)21-10-13-30(7)22(28(21,5)12-11-23(25)36-37(33,34)35)9-8-19-20-18-27(4,24(31)32)15-14-26(20,3)16-17-29(19,30)6/h8,20-23H,9-18H2,1-7H3,(H,31,32)(H2,33,34,35)/t20-,21?,22+,23-,26+,27?,28-,29+,30+/m0/s1. The summed E-state index contributed by atoms with van der Waals surface area (Å²) in [6, 6.07) is 0. The van der Waals surface area contributed by atoms with Crippen LogP contribution in [-0.4, -0.2) is 27.0 Å². The molecule has 9 atom stereocenters. The van der Waals surface area contributed by atoms with Gasteiger partial charge in [0.15, 0.2) is 0 Å². The van der Waals surface area contributed by atoms with Crippen molar-refractivity contribution in [3.63, 3.8) is 0 Å². The summed E-state index contributed by atoms with van der Waals surface area (Å²) in [5, 5.41) is 10.1. The third-order valence-electron chi connectivity index (χ3n) is 13.6. The fraction of sp³-hybridized carbons (Fsp3) is 0.900. The summed E-state index contributed by atoms with van der Waals surface area (Å²) in [5.74, 6) is 0.502. The molecule has 6 nitrogen and oxygen atoms in total. The van der Waals surface area contributed by atoms with Crippen molar-refractivity contribution in [2.24, 2.45) is 50.2 Å². The van der Waals surface area contributed by atoms with Crippen LogP contribution in [0.4, 0.5) is 0 Å². The lowest BCUT2D eigenvalue weighted by molar-refractivity contribution is -0.201. The van der Waals surface area contributed by atoms with Crippen LogP contribution in [0.25, 0.3) is 0 Å². The van der Waals surface area contributed by atoms with Gasteiger partial charge in [-0.3, -0.25) is 9.32 Å². The van der Waals surface area contributed by atoms with E-state index in [0.29, 0.717) is 24.2 Å². The zero-order valence-electron chi connectivity index (χ0n) is 24.0.